The van der Waals surface area contributed by atoms with Crippen LogP contribution in [0.5, 0.6) is 0 Å². The van der Waals surface area contributed by atoms with Gasteiger partial charge in [-0.2, -0.15) is 0 Å². The maximum absolute atomic E-state index is 9.09. The molecule has 2 heteroatoms. The lowest BCUT2D eigenvalue weighted by Gasteiger charge is -1.91. The minimum atomic E-state index is -0.401. The number of para-hydroxylation sites is 1. The van der Waals surface area contributed by atoms with E-state index in [4.69, 9.17) is 5.11 Å². The lowest BCUT2D eigenvalue weighted by molar-refractivity contribution is 0.245. The molecule has 72 valence electrons. The molecule has 2 aromatic rings. The highest BCUT2D eigenvalue weighted by Gasteiger charge is 1.96. The first-order chi connectivity index (χ1) is 6.75. The van der Waals surface area contributed by atoms with Crippen molar-refractivity contribution >= 4 is 17.0 Å². The van der Waals surface area contributed by atoms with Crippen molar-refractivity contribution in [2.45, 2.75) is 13.0 Å². The van der Waals surface area contributed by atoms with E-state index in [1.54, 1.807) is 13.0 Å². The molecule has 2 nitrogen and oxygen atoms in total. The molecule has 1 unspecified atom stereocenters. The Morgan fingerprint density at radius 1 is 1.36 bits per heavy atom. The van der Waals surface area contributed by atoms with E-state index in [1.165, 1.54) is 5.39 Å². The lowest BCUT2D eigenvalue weighted by atomic mass is 10.2. The van der Waals surface area contributed by atoms with Crippen molar-refractivity contribution in [3.63, 3.8) is 0 Å². The molecule has 0 spiro atoms. The van der Waals surface area contributed by atoms with Gasteiger partial charge in [-0.05, 0) is 30.5 Å². The predicted octanol–water partition coefficient (Wildman–Crippen LogP) is 2.56. The summed E-state index contributed by atoms with van der Waals surface area (Å²) in [7, 11) is 0. The van der Waals surface area contributed by atoms with Crippen LogP contribution in [0.25, 0.3) is 17.0 Å². The van der Waals surface area contributed by atoms with Crippen LogP contribution in [0, 0.1) is 0 Å². The normalized spacial score (nSPS) is 13.9. The van der Waals surface area contributed by atoms with E-state index in [0.29, 0.717) is 0 Å². The molecule has 1 aromatic heterocycles. The van der Waals surface area contributed by atoms with E-state index < -0.39 is 6.10 Å². The van der Waals surface area contributed by atoms with E-state index in [2.05, 4.69) is 17.1 Å². The third kappa shape index (κ3) is 1.86. The Morgan fingerprint density at radius 3 is 2.86 bits per heavy atom. The van der Waals surface area contributed by atoms with Crippen LogP contribution in [0.4, 0.5) is 0 Å². The molecule has 0 bridgehead atoms. The highest BCUT2D eigenvalue weighted by atomic mass is 16.3. The van der Waals surface area contributed by atoms with Crippen molar-refractivity contribution < 1.29 is 5.11 Å². The standard InChI is InChI=1S/C12H13NO/c1-9(14)6-7-11-8-10-4-2-3-5-12(10)13-11/h2-9,13-14H,1H3/b7-6+. The first-order valence-corrected chi connectivity index (χ1v) is 4.70. The zero-order chi connectivity index (χ0) is 9.97. The van der Waals surface area contributed by atoms with Crippen molar-refractivity contribution in [1.29, 1.82) is 0 Å². The van der Waals surface area contributed by atoms with Gasteiger partial charge in [-0.1, -0.05) is 24.3 Å². The third-order valence-electron chi connectivity index (χ3n) is 2.11. The Hall–Kier alpha value is -1.54. The van der Waals surface area contributed by atoms with E-state index in [1.807, 2.05) is 24.3 Å². The number of rotatable bonds is 2. The van der Waals surface area contributed by atoms with E-state index in [-0.39, 0.29) is 0 Å². The van der Waals surface area contributed by atoms with Crippen molar-refractivity contribution in [2.75, 3.05) is 0 Å². The van der Waals surface area contributed by atoms with Crippen LogP contribution in [0.3, 0.4) is 0 Å². The zero-order valence-corrected chi connectivity index (χ0v) is 8.07. The first kappa shape index (κ1) is 9.03. The first-order valence-electron chi connectivity index (χ1n) is 4.70. The summed E-state index contributed by atoms with van der Waals surface area (Å²) in [5.74, 6) is 0. The highest BCUT2D eigenvalue weighted by Crippen LogP contribution is 2.15. The van der Waals surface area contributed by atoms with Gasteiger partial charge in [-0.15, -0.1) is 0 Å². The third-order valence-corrected chi connectivity index (χ3v) is 2.11. The maximum Gasteiger partial charge on any atom is 0.0696 e. The second-order valence-electron chi connectivity index (χ2n) is 3.41. The smallest absolute Gasteiger partial charge is 0.0696 e. The summed E-state index contributed by atoms with van der Waals surface area (Å²) < 4.78 is 0. The Balaban J connectivity index is 2.36. The predicted molar refractivity (Wildman–Crippen MR) is 59.0 cm³/mol. The molecule has 0 amide bonds. The molecule has 1 heterocycles. The molecule has 0 aliphatic carbocycles. The van der Waals surface area contributed by atoms with Crippen molar-refractivity contribution in [2.24, 2.45) is 0 Å². The Morgan fingerprint density at radius 2 is 2.14 bits per heavy atom. The van der Waals surface area contributed by atoms with Crippen LogP contribution in [-0.2, 0) is 0 Å². The summed E-state index contributed by atoms with van der Waals surface area (Å²) in [6, 6.07) is 10.2. The topological polar surface area (TPSA) is 36.0 Å². The molecule has 0 fully saturated rings. The van der Waals surface area contributed by atoms with Gasteiger partial charge in [0.15, 0.2) is 0 Å². The van der Waals surface area contributed by atoms with E-state index >= 15 is 0 Å². The summed E-state index contributed by atoms with van der Waals surface area (Å²) in [5, 5.41) is 10.3. The molecular formula is C12H13NO. The molecule has 14 heavy (non-hydrogen) atoms. The number of nitrogens with one attached hydrogen (secondary N) is 1. The Labute approximate surface area is 82.9 Å². The second-order valence-corrected chi connectivity index (χ2v) is 3.41. The van der Waals surface area contributed by atoms with Crippen molar-refractivity contribution in [3.8, 4) is 0 Å². The molecule has 2 N–H and O–H groups in total. The SMILES string of the molecule is CC(O)/C=C/c1cc2ccccc2[nH]1. The van der Waals surface area contributed by atoms with Gasteiger partial charge in [0.1, 0.15) is 0 Å². The number of aliphatic hydroxyl groups is 1. The molecule has 0 saturated heterocycles. The molecule has 0 aliphatic heterocycles. The van der Waals surface area contributed by atoms with Crippen LogP contribution in [0.1, 0.15) is 12.6 Å². The van der Waals surface area contributed by atoms with Gasteiger partial charge in [0, 0.05) is 11.2 Å². The average Bonchev–Trinajstić information content (AvgIpc) is 2.57. The Bertz CT molecular complexity index is 421. The number of hydrogen-bond acceptors (Lipinski definition) is 1. The maximum atomic E-state index is 9.09. The van der Waals surface area contributed by atoms with Gasteiger partial charge in [0.05, 0.1) is 6.10 Å². The molecule has 0 saturated carbocycles. The van der Waals surface area contributed by atoms with Crippen LogP contribution < -0.4 is 0 Å². The van der Waals surface area contributed by atoms with Crippen LogP contribution in [0.15, 0.2) is 36.4 Å². The van der Waals surface area contributed by atoms with Gasteiger partial charge in [-0.25, -0.2) is 0 Å². The average molecular weight is 187 g/mol. The second kappa shape index (κ2) is 3.68. The summed E-state index contributed by atoms with van der Waals surface area (Å²) >= 11 is 0. The fourth-order valence-electron chi connectivity index (χ4n) is 1.43. The number of aromatic nitrogens is 1. The molecule has 0 radical (unpaired) electrons. The highest BCUT2D eigenvalue weighted by molar-refractivity contribution is 5.82. The summed E-state index contributed by atoms with van der Waals surface area (Å²) in [4.78, 5) is 3.25. The van der Waals surface area contributed by atoms with Crippen LogP contribution in [0.2, 0.25) is 0 Å². The number of fused-ring (bicyclic) bond motifs is 1. The number of aliphatic hydroxyl groups excluding tert-OH is 1. The molecule has 1 aromatic carbocycles. The van der Waals surface area contributed by atoms with Crippen molar-refractivity contribution in [1.82, 2.24) is 4.98 Å². The van der Waals surface area contributed by atoms with Gasteiger partial charge in [-0.3, -0.25) is 0 Å². The largest absolute Gasteiger partial charge is 0.389 e. The Kier molecular flexibility index (Phi) is 2.37. The fraction of sp³-hybridized carbons (Fsp3) is 0.167. The summed E-state index contributed by atoms with van der Waals surface area (Å²) in [6.45, 7) is 1.74. The van der Waals surface area contributed by atoms with E-state index in [0.717, 1.165) is 11.2 Å². The van der Waals surface area contributed by atoms with Gasteiger partial charge < -0.3 is 10.1 Å². The van der Waals surface area contributed by atoms with Crippen molar-refractivity contribution in [3.05, 3.63) is 42.1 Å². The minimum Gasteiger partial charge on any atom is -0.389 e. The number of H-pyrrole nitrogens is 1. The van der Waals surface area contributed by atoms with Gasteiger partial charge in [0.25, 0.3) is 0 Å². The van der Waals surface area contributed by atoms with Gasteiger partial charge in [0.2, 0.25) is 0 Å². The fourth-order valence-corrected chi connectivity index (χ4v) is 1.43. The zero-order valence-electron chi connectivity index (χ0n) is 8.07. The number of aromatic amines is 1. The van der Waals surface area contributed by atoms with Crippen LogP contribution in [-0.4, -0.2) is 16.2 Å². The molecule has 0 aliphatic rings. The lowest BCUT2D eigenvalue weighted by Crippen LogP contribution is -1.91. The summed E-state index contributed by atoms with van der Waals surface area (Å²) in [5.41, 5.74) is 2.14. The van der Waals surface area contributed by atoms with Gasteiger partial charge >= 0.3 is 0 Å². The quantitative estimate of drug-likeness (QED) is 0.744. The number of hydrogen-bond donors (Lipinski definition) is 2. The molecular weight excluding hydrogens is 174 g/mol. The van der Waals surface area contributed by atoms with Crippen LogP contribution >= 0.6 is 0 Å². The number of benzene rings is 1. The molecule has 1 atom stereocenters. The van der Waals surface area contributed by atoms with E-state index in [9.17, 15) is 0 Å². The monoisotopic (exact) mass is 187 g/mol. The summed E-state index contributed by atoms with van der Waals surface area (Å²) in [6.07, 6.45) is 3.25. The minimum absolute atomic E-state index is 0.401. The molecule has 2 rings (SSSR count).